The van der Waals surface area contributed by atoms with Crippen molar-refractivity contribution < 1.29 is 9.47 Å². The molecule has 0 aliphatic heterocycles. The molecule has 1 heterocycles. The highest BCUT2D eigenvalue weighted by atomic mass is 35.5. The van der Waals surface area contributed by atoms with Crippen molar-refractivity contribution in [1.29, 1.82) is 0 Å². The minimum Gasteiger partial charge on any atom is -0.467 e. The predicted molar refractivity (Wildman–Crippen MR) is 74.0 cm³/mol. The number of methoxy groups -OCH3 is 1. The van der Waals surface area contributed by atoms with Crippen LogP contribution in [-0.2, 0) is 0 Å². The van der Waals surface area contributed by atoms with E-state index in [1.165, 1.54) is 13.3 Å². The highest BCUT2D eigenvalue weighted by Crippen LogP contribution is 2.32. The second-order valence-corrected chi connectivity index (χ2v) is 4.49. The van der Waals surface area contributed by atoms with E-state index in [4.69, 9.17) is 26.8 Å². The molecule has 6 heteroatoms. The second-order valence-electron chi connectivity index (χ2n) is 4.09. The van der Waals surface area contributed by atoms with E-state index in [2.05, 4.69) is 9.97 Å². The van der Waals surface area contributed by atoms with Gasteiger partial charge in [0.05, 0.1) is 13.3 Å². The third-order valence-corrected chi connectivity index (χ3v) is 2.90. The van der Waals surface area contributed by atoms with Crippen molar-refractivity contribution in [3.8, 4) is 17.6 Å². The molecule has 0 aliphatic carbocycles. The average Bonchev–Trinajstić information content (AvgIpc) is 2.38. The van der Waals surface area contributed by atoms with E-state index in [0.29, 0.717) is 16.5 Å². The first kappa shape index (κ1) is 13.4. The lowest BCUT2D eigenvalue weighted by Crippen LogP contribution is -1.98. The molecular weight excluding hydrogens is 266 g/mol. The Morgan fingerprint density at radius 2 is 1.95 bits per heavy atom. The van der Waals surface area contributed by atoms with Crippen LogP contribution in [0, 0.1) is 13.8 Å². The van der Waals surface area contributed by atoms with E-state index >= 15 is 0 Å². The molecule has 0 aliphatic rings. The Morgan fingerprint density at radius 3 is 2.63 bits per heavy atom. The summed E-state index contributed by atoms with van der Waals surface area (Å²) in [7, 11) is 1.47. The Hall–Kier alpha value is -2.01. The van der Waals surface area contributed by atoms with Gasteiger partial charge in [-0.3, -0.25) is 0 Å². The van der Waals surface area contributed by atoms with Crippen LogP contribution in [0.5, 0.6) is 17.6 Å². The van der Waals surface area contributed by atoms with Gasteiger partial charge in [-0.05, 0) is 25.0 Å². The van der Waals surface area contributed by atoms with Crippen LogP contribution in [0.15, 0.2) is 18.3 Å². The van der Waals surface area contributed by atoms with Crippen LogP contribution in [0.2, 0.25) is 5.02 Å². The van der Waals surface area contributed by atoms with E-state index in [9.17, 15) is 0 Å². The minimum absolute atomic E-state index is 0.192. The quantitative estimate of drug-likeness (QED) is 0.874. The normalized spacial score (nSPS) is 10.3. The zero-order valence-electron chi connectivity index (χ0n) is 10.9. The number of anilines is 1. The van der Waals surface area contributed by atoms with E-state index < -0.39 is 0 Å². The molecule has 1 aromatic heterocycles. The fourth-order valence-electron chi connectivity index (χ4n) is 1.57. The summed E-state index contributed by atoms with van der Waals surface area (Å²) >= 11 is 5.99. The van der Waals surface area contributed by atoms with Gasteiger partial charge in [0.2, 0.25) is 5.88 Å². The number of aromatic nitrogens is 2. The highest BCUT2D eigenvalue weighted by molar-refractivity contribution is 6.31. The number of hydrogen-bond donors (Lipinski definition) is 1. The van der Waals surface area contributed by atoms with E-state index in [1.807, 2.05) is 19.9 Å². The van der Waals surface area contributed by atoms with Crippen molar-refractivity contribution >= 4 is 17.3 Å². The summed E-state index contributed by atoms with van der Waals surface area (Å²) in [6.07, 6.45) is 1.43. The van der Waals surface area contributed by atoms with Crippen molar-refractivity contribution in [2.24, 2.45) is 0 Å². The predicted octanol–water partition coefficient (Wildman–Crippen LogP) is 3.13. The van der Waals surface area contributed by atoms with E-state index in [-0.39, 0.29) is 11.9 Å². The molecule has 0 fully saturated rings. The second kappa shape index (κ2) is 5.32. The van der Waals surface area contributed by atoms with Gasteiger partial charge in [-0.15, -0.1) is 0 Å². The van der Waals surface area contributed by atoms with Crippen molar-refractivity contribution in [3.63, 3.8) is 0 Å². The molecule has 0 atom stereocenters. The number of nitrogens with zero attached hydrogens (tertiary/aromatic N) is 2. The number of rotatable bonds is 3. The van der Waals surface area contributed by atoms with Crippen LogP contribution in [0.25, 0.3) is 0 Å². The van der Waals surface area contributed by atoms with Crippen molar-refractivity contribution in [1.82, 2.24) is 9.97 Å². The van der Waals surface area contributed by atoms with Crippen LogP contribution in [0.1, 0.15) is 11.1 Å². The first-order valence-corrected chi connectivity index (χ1v) is 6.00. The maximum Gasteiger partial charge on any atom is 0.319 e. The molecule has 0 spiro atoms. The van der Waals surface area contributed by atoms with E-state index in [0.717, 1.165) is 11.1 Å². The molecule has 1 aromatic carbocycles. The summed E-state index contributed by atoms with van der Waals surface area (Å²) < 4.78 is 10.6. The molecule has 0 radical (unpaired) electrons. The first-order chi connectivity index (χ1) is 9.01. The lowest BCUT2D eigenvalue weighted by Gasteiger charge is -2.11. The topological polar surface area (TPSA) is 70.3 Å². The molecule has 19 heavy (non-hydrogen) atoms. The fourth-order valence-corrected chi connectivity index (χ4v) is 1.70. The molecule has 0 saturated carbocycles. The van der Waals surface area contributed by atoms with E-state index in [1.54, 1.807) is 6.07 Å². The first-order valence-electron chi connectivity index (χ1n) is 5.62. The number of ether oxygens (including phenoxy) is 2. The number of nitrogens with two attached hydrogens (primary N) is 1. The van der Waals surface area contributed by atoms with Gasteiger partial charge in [0.15, 0.2) is 0 Å². The SMILES string of the molecule is COc1ncc(Cl)c(Oc2cc(N)c(C)cc2C)n1. The van der Waals surface area contributed by atoms with Gasteiger partial charge in [-0.25, -0.2) is 4.98 Å². The molecule has 2 aromatic rings. The van der Waals surface area contributed by atoms with Crippen molar-refractivity contribution in [2.45, 2.75) is 13.8 Å². The summed E-state index contributed by atoms with van der Waals surface area (Å²) in [5, 5.41) is 0.305. The minimum atomic E-state index is 0.192. The number of benzene rings is 1. The number of halogens is 1. The molecule has 100 valence electrons. The Morgan fingerprint density at radius 1 is 1.21 bits per heavy atom. The summed E-state index contributed by atoms with van der Waals surface area (Å²) in [6, 6.07) is 3.88. The zero-order chi connectivity index (χ0) is 14.0. The smallest absolute Gasteiger partial charge is 0.319 e. The fraction of sp³-hybridized carbons (Fsp3) is 0.231. The van der Waals surface area contributed by atoms with Crippen LogP contribution in [-0.4, -0.2) is 17.1 Å². The highest BCUT2D eigenvalue weighted by Gasteiger charge is 2.11. The lowest BCUT2D eigenvalue weighted by molar-refractivity contribution is 0.366. The van der Waals surface area contributed by atoms with Crippen molar-refractivity contribution in [2.75, 3.05) is 12.8 Å². The third kappa shape index (κ3) is 2.88. The molecule has 0 unspecified atom stereocenters. The van der Waals surface area contributed by atoms with Crippen molar-refractivity contribution in [3.05, 3.63) is 34.5 Å². The average molecular weight is 280 g/mol. The lowest BCUT2D eigenvalue weighted by atomic mass is 10.1. The van der Waals surface area contributed by atoms with Gasteiger partial charge in [0.25, 0.3) is 0 Å². The molecule has 0 amide bonds. The summed E-state index contributed by atoms with van der Waals surface area (Å²) in [5.41, 5.74) is 8.46. The largest absolute Gasteiger partial charge is 0.467 e. The molecule has 0 bridgehead atoms. The molecular formula is C13H14ClN3O2. The maximum atomic E-state index is 5.99. The Balaban J connectivity index is 2.38. The maximum absolute atomic E-state index is 5.99. The monoisotopic (exact) mass is 279 g/mol. The van der Waals surface area contributed by atoms with Crippen LogP contribution < -0.4 is 15.2 Å². The van der Waals surface area contributed by atoms with Gasteiger partial charge in [0.1, 0.15) is 10.8 Å². The van der Waals surface area contributed by atoms with Gasteiger partial charge >= 0.3 is 6.01 Å². The number of hydrogen-bond acceptors (Lipinski definition) is 5. The molecule has 0 saturated heterocycles. The molecule has 5 nitrogen and oxygen atoms in total. The molecule has 2 N–H and O–H groups in total. The molecule has 2 rings (SSSR count). The summed E-state index contributed by atoms with van der Waals surface area (Å²) in [4.78, 5) is 7.93. The standard InChI is InChI=1S/C13H14ClN3O2/c1-7-4-8(2)11(5-10(7)15)19-12-9(14)6-16-13(17-12)18-3/h4-6H,15H2,1-3H3. The number of aryl methyl sites for hydroxylation is 2. The Kier molecular flexibility index (Phi) is 3.76. The van der Waals surface area contributed by atoms with Gasteiger partial charge in [-0.1, -0.05) is 17.7 Å². The van der Waals surface area contributed by atoms with Gasteiger partial charge < -0.3 is 15.2 Å². The number of nitrogen functional groups attached to an aromatic ring is 1. The van der Waals surface area contributed by atoms with Crippen LogP contribution in [0.3, 0.4) is 0 Å². The third-order valence-electron chi connectivity index (χ3n) is 2.64. The Bertz CT molecular complexity index is 617. The zero-order valence-corrected chi connectivity index (χ0v) is 11.7. The van der Waals surface area contributed by atoms with Crippen LogP contribution in [0.4, 0.5) is 5.69 Å². The summed E-state index contributed by atoms with van der Waals surface area (Å²) in [5.74, 6) is 0.839. The Labute approximate surface area is 116 Å². The van der Waals surface area contributed by atoms with Gasteiger partial charge in [-0.2, -0.15) is 4.98 Å². The van der Waals surface area contributed by atoms with Crippen LogP contribution >= 0.6 is 11.6 Å². The summed E-state index contributed by atoms with van der Waals surface area (Å²) in [6.45, 7) is 3.86. The van der Waals surface area contributed by atoms with Gasteiger partial charge in [0, 0.05) is 11.8 Å².